The van der Waals surface area contributed by atoms with Crippen molar-refractivity contribution in [2.75, 3.05) is 18.8 Å². The molecule has 7 heteroatoms. The van der Waals surface area contributed by atoms with Crippen LogP contribution in [0, 0.1) is 5.92 Å². The zero-order chi connectivity index (χ0) is 17.4. The van der Waals surface area contributed by atoms with Crippen molar-refractivity contribution in [1.82, 2.24) is 10.2 Å². The van der Waals surface area contributed by atoms with Crippen LogP contribution in [0.25, 0.3) is 0 Å². The number of fused-ring (bicyclic) bond motifs is 1. The van der Waals surface area contributed by atoms with Crippen LogP contribution in [-0.2, 0) is 16.0 Å². The molecule has 25 heavy (non-hydrogen) atoms. The van der Waals surface area contributed by atoms with E-state index in [1.54, 1.807) is 23.1 Å². The summed E-state index contributed by atoms with van der Waals surface area (Å²) in [6, 6.07) is 2.58. The monoisotopic (exact) mass is 380 g/mol. The molecule has 2 heterocycles. The number of carbonyl (C=O) groups is 2. The SMILES string of the molecule is O=C(O)CN(CC1CC1)C1CC(NC(=O)C2SCCc3sccc32)C1. The number of hydrogen-bond donors (Lipinski definition) is 2. The van der Waals surface area contributed by atoms with Crippen LogP contribution in [0.1, 0.15) is 41.4 Å². The van der Waals surface area contributed by atoms with E-state index in [0.29, 0.717) is 12.0 Å². The summed E-state index contributed by atoms with van der Waals surface area (Å²) in [4.78, 5) is 27.2. The van der Waals surface area contributed by atoms with Crippen LogP contribution in [0.4, 0.5) is 0 Å². The fourth-order valence-corrected chi connectivity index (χ4v) is 6.09. The number of amides is 1. The second kappa shape index (κ2) is 7.29. The number of carboxylic acid groups (broad SMARTS) is 1. The van der Waals surface area contributed by atoms with Gasteiger partial charge in [-0.3, -0.25) is 14.5 Å². The van der Waals surface area contributed by atoms with Crippen molar-refractivity contribution in [3.63, 3.8) is 0 Å². The lowest BCUT2D eigenvalue weighted by Crippen LogP contribution is -2.55. The van der Waals surface area contributed by atoms with E-state index < -0.39 is 5.97 Å². The van der Waals surface area contributed by atoms with Crippen LogP contribution < -0.4 is 5.32 Å². The largest absolute Gasteiger partial charge is 0.480 e. The maximum absolute atomic E-state index is 12.7. The van der Waals surface area contributed by atoms with Crippen molar-refractivity contribution in [2.24, 2.45) is 5.92 Å². The molecule has 0 bridgehead atoms. The molecule has 1 aromatic heterocycles. The summed E-state index contributed by atoms with van der Waals surface area (Å²) in [6.07, 6.45) is 5.27. The number of carbonyl (C=O) groups excluding carboxylic acids is 1. The third-order valence-electron chi connectivity index (χ3n) is 5.42. The standard InChI is InChI=1S/C18H24N2O3S2/c21-16(22)10-20(9-11-1-2-11)13-7-12(8-13)19-18(23)17-14-3-5-24-15(14)4-6-25-17/h3,5,11-13,17H,1-2,4,6-10H2,(H,19,23)(H,21,22). The maximum Gasteiger partial charge on any atom is 0.317 e. The molecule has 1 atom stereocenters. The molecule has 1 aliphatic heterocycles. The highest BCUT2D eigenvalue weighted by atomic mass is 32.2. The van der Waals surface area contributed by atoms with E-state index in [2.05, 4.69) is 21.7 Å². The minimum Gasteiger partial charge on any atom is -0.480 e. The summed E-state index contributed by atoms with van der Waals surface area (Å²) in [6.45, 7) is 1.02. The highest BCUT2D eigenvalue weighted by molar-refractivity contribution is 8.00. The molecular weight excluding hydrogens is 356 g/mol. The van der Waals surface area contributed by atoms with Gasteiger partial charge in [0.1, 0.15) is 5.25 Å². The lowest BCUT2D eigenvalue weighted by atomic mass is 9.85. The molecule has 2 fully saturated rings. The number of aliphatic carboxylic acids is 1. The summed E-state index contributed by atoms with van der Waals surface area (Å²) in [5.74, 6) is 1.06. The smallest absolute Gasteiger partial charge is 0.317 e. The Kier molecular flexibility index (Phi) is 5.06. The van der Waals surface area contributed by atoms with Crippen molar-refractivity contribution >= 4 is 35.0 Å². The molecule has 1 unspecified atom stereocenters. The molecule has 2 N–H and O–H groups in total. The number of hydrogen-bond acceptors (Lipinski definition) is 5. The Morgan fingerprint density at radius 1 is 1.32 bits per heavy atom. The minimum absolute atomic E-state index is 0.0735. The fourth-order valence-electron chi connectivity index (χ4n) is 3.79. The van der Waals surface area contributed by atoms with Gasteiger partial charge in [0, 0.05) is 23.5 Å². The van der Waals surface area contributed by atoms with Crippen LogP contribution in [0.3, 0.4) is 0 Å². The second-order valence-electron chi connectivity index (χ2n) is 7.40. The number of thiophene rings is 1. The predicted molar refractivity (Wildman–Crippen MR) is 100 cm³/mol. The molecule has 1 aromatic rings. The van der Waals surface area contributed by atoms with Crippen molar-refractivity contribution < 1.29 is 14.7 Å². The van der Waals surface area contributed by atoms with E-state index in [1.165, 1.54) is 23.3 Å². The number of aryl methyl sites for hydroxylation is 1. The second-order valence-corrected chi connectivity index (χ2v) is 9.61. The van der Waals surface area contributed by atoms with Crippen molar-refractivity contribution in [2.45, 2.75) is 49.4 Å². The number of rotatable bonds is 7. The Labute approximate surface area is 156 Å². The van der Waals surface area contributed by atoms with Crippen LogP contribution in [-0.4, -0.2) is 52.8 Å². The number of nitrogens with one attached hydrogen (secondary N) is 1. The predicted octanol–water partition coefficient (Wildman–Crippen LogP) is 2.52. The lowest BCUT2D eigenvalue weighted by Gasteiger charge is -2.43. The molecule has 4 rings (SSSR count). The third-order valence-corrected chi connectivity index (χ3v) is 7.66. The number of nitrogens with zero attached hydrogens (tertiary/aromatic N) is 1. The van der Waals surface area contributed by atoms with Crippen LogP contribution in [0.5, 0.6) is 0 Å². The first kappa shape index (κ1) is 17.4. The fraction of sp³-hybridized carbons (Fsp3) is 0.667. The Bertz CT molecular complexity index is 653. The summed E-state index contributed by atoms with van der Waals surface area (Å²) in [5.41, 5.74) is 1.19. The minimum atomic E-state index is -0.753. The van der Waals surface area contributed by atoms with Gasteiger partial charge in [0.25, 0.3) is 0 Å². The van der Waals surface area contributed by atoms with Gasteiger partial charge < -0.3 is 10.4 Å². The maximum atomic E-state index is 12.7. The van der Waals surface area contributed by atoms with E-state index in [1.807, 2.05) is 0 Å². The first-order valence-corrected chi connectivity index (χ1v) is 11.0. The summed E-state index contributed by atoms with van der Waals surface area (Å²) in [5, 5.41) is 14.3. The number of thioether (sulfide) groups is 1. The van der Waals surface area contributed by atoms with Gasteiger partial charge in [-0.15, -0.1) is 23.1 Å². The molecule has 3 aliphatic rings. The highest BCUT2D eigenvalue weighted by Crippen LogP contribution is 2.40. The van der Waals surface area contributed by atoms with E-state index in [-0.39, 0.29) is 23.7 Å². The Hall–Kier alpha value is -1.05. The molecule has 0 aromatic carbocycles. The van der Waals surface area contributed by atoms with E-state index in [0.717, 1.165) is 31.6 Å². The van der Waals surface area contributed by atoms with Gasteiger partial charge >= 0.3 is 5.97 Å². The molecular formula is C18H24N2O3S2. The van der Waals surface area contributed by atoms with Gasteiger partial charge in [0.05, 0.1) is 6.54 Å². The average Bonchev–Trinajstić information content (AvgIpc) is 3.21. The third kappa shape index (κ3) is 4.04. The zero-order valence-corrected chi connectivity index (χ0v) is 15.8. The Morgan fingerprint density at radius 3 is 2.84 bits per heavy atom. The molecule has 1 amide bonds. The van der Waals surface area contributed by atoms with Gasteiger partial charge in [0.15, 0.2) is 0 Å². The lowest BCUT2D eigenvalue weighted by molar-refractivity contribution is -0.140. The van der Waals surface area contributed by atoms with E-state index in [9.17, 15) is 9.59 Å². The zero-order valence-electron chi connectivity index (χ0n) is 14.1. The summed E-state index contributed by atoms with van der Waals surface area (Å²) in [7, 11) is 0. The Morgan fingerprint density at radius 2 is 2.12 bits per heavy atom. The average molecular weight is 381 g/mol. The summed E-state index contributed by atoms with van der Waals surface area (Å²) < 4.78 is 0. The molecule has 0 spiro atoms. The Balaban J connectivity index is 1.29. The molecule has 2 saturated carbocycles. The van der Waals surface area contributed by atoms with Crippen molar-refractivity contribution in [1.29, 1.82) is 0 Å². The molecule has 136 valence electrons. The van der Waals surface area contributed by atoms with Crippen LogP contribution >= 0.6 is 23.1 Å². The first-order valence-electron chi connectivity index (χ1n) is 9.04. The van der Waals surface area contributed by atoms with Gasteiger partial charge in [-0.25, -0.2) is 0 Å². The van der Waals surface area contributed by atoms with Gasteiger partial charge in [-0.1, -0.05) is 0 Å². The summed E-state index contributed by atoms with van der Waals surface area (Å²) >= 11 is 3.48. The topological polar surface area (TPSA) is 69.6 Å². The van der Waals surface area contributed by atoms with Crippen molar-refractivity contribution in [3.05, 3.63) is 21.9 Å². The van der Waals surface area contributed by atoms with Gasteiger partial charge in [-0.05, 0) is 60.8 Å². The van der Waals surface area contributed by atoms with Crippen molar-refractivity contribution in [3.8, 4) is 0 Å². The van der Waals surface area contributed by atoms with Gasteiger partial charge in [-0.2, -0.15) is 0 Å². The quantitative estimate of drug-likeness (QED) is 0.761. The number of carboxylic acids is 1. The molecule has 0 radical (unpaired) electrons. The highest BCUT2D eigenvalue weighted by Gasteiger charge is 2.39. The normalized spacial score (nSPS) is 28.3. The van der Waals surface area contributed by atoms with Crippen LogP contribution in [0.2, 0.25) is 0 Å². The molecule has 2 aliphatic carbocycles. The van der Waals surface area contributed by atoms with E-state index >= 15 is 0 Å². The molecule has 0 saturated heterocycles. The van der Waals surface area contributed by atoms with Crippen LogP contribution in [0.15, 0.2) is 11.4 Å². The van der Waals surface area contributed by atoms with E-state index in [4.69, 9.17) is 5.11 Å². The first-order chi connectivity index (χ1) is 12.1. The molecule has 5 nitrogen and oxygen atoms in total. The van der Waals surface area contributed by atoms with Gasteiger partial charge in [0.2, 0.25) is 5.91 Å².